The minimum absolute atomic E-state index is 0.196. The van der Waals surface area contributed by atoms with Gasteiger partial charge in [-0.1, -0.05) is 24.8 Å². The van der Waals surface area contributed by atoms with Crippen molar-refractivity contribution in [2.75, 3.05) is 55.9 Å². The van der Waals surface area contributed by atoms with Gasteiger partial charge in [0.25, 0.3) is 0 Å². The third-order valence-corrected chi connectivity index (χ3v) is 6.69. The van der Waals surface area contributed by atoms with Crippen molar-refractivity contribution in [1.82, 2.24) is 4.90 Å². The first-order valence-electron chi connectivity index (χ1n) is 12.4. The Kier molecular flexibility index (Phi) is 8.12. The summed E-state index contributed by atoms with van der Waals surface area (Å²) < 4.78 is 11.3. The Morgan fingerprint density at radius 2 is 1.85 bits per heavy atom. The van der Waals surface area contributed by atoms with E-state index < -0.39 is 0 Å². The molecule has 182 valence electrons. The van der Waals surface area contributed by atoms with E-state index in [1.807, 2.05) is 17.0 Å². The van der Waals surface area contributed by atoms with Gasteiger partial charge in [-0.05, 0) is 68.5 Å². The number of unbranched alkanes of at least 4 members (excludes halogenated alkanes) is 1. The molecule has 2 aliphatic heterocycles. The maximum absolute atomic E-state index is 11.3. The van der Waals surface area contributed by atoms with Gasteiger partial charge in [0.05, 0.1) is 12.3 Å². The number of piperazine rings is 1. The molecule has 0 amide bonds. The molecule has 2 aliphatic rings. The highest BCUT2D eigenvalue weighted by molar-refractivity contribution is 5.67. The number of aryl methyl sites for hydroxylation is 2. The Bertz CT molecular complexity index is 998. The zero-order chi connectivity index (χ0) is 23.9. The number of benzene rings is 2. The first-order valence-corrected chi connectivity index (χ1v) is 12.4. The SMILES string of the molecule is C=C1CCc2ccc(OCCCCN3CCN(c4cccc(C)c4)CC3)cc2N1COC(C)=O. The van der Waals surface area contributed by atoms with Crippen LogP contribution in [-0.4, -0.2) is 56.9 Å². The van der Waals surface area contributed by atoms with Crippen LogP contribution in [0.25, 0.3) is 0 Å². The third-order valence-electron chi connectivity index (χ3n) is 6.69. The number of ether oxygens (including phenoxy) is 2. The lowest BCUT2D eigenvalue weighted by atomic mass is 10.00. The molecule has 0 unspecified atom stereocenters. The lowest BCUT2D eigenvalue weighted by Crippen LogP contribution is -2.46. The van der Waals surface area contributed by atoms with Crippen LogP contribution < -0.4 is 14.5 Å². The first kappa shape index (κ1) is 24.1. The zero-order valence-electron chi connectivity index (χ0n) is 20.6. The summed E-state index contributed by atoms with van der Waals surface area (Å²) in [6.07, 6.45) is 3.97. The molecule has 0 N–H and O–H groups in total. The highest BCUT2D eigenvalue weighted by Crippen LogP contribution is 2.35. The van der Waals surface area contributed by atoms with Crippen LogP contribution in [0.1, 0.15) is 37.3 Å². The molecule has 0 aliphatic carbocycles. The van der Waals surface area contributed by atoms with Gasteiger partial charge in [-0.3, -0.25) is 9.69 Å². The van der Waals surface area contributed by atoms with Crippen molar-refractivity contribution in [1.29, 1.82) is 0 Å². The molecule has 0 radical (unpaired) electrons. The van der Waals surface area contributed by atoms with Crippen LogP contribution in [0.3, 0.4) is 0 Å². The van der Waals surface area contributed by atoms with Crippen molar-refractivity contribution in [3.05, 3.63) is 65.9 Å². The van der Waals surface area contributed by atoms with Crippen molar-refractivity contribution in [3.63, 3.8) is 0 Å². The molecule has 2 aromatic carbocycles. The number of fused-ring (bicyclic) bond motifs is 1. The van der Waals surface area contributed by atoms with Gasteiger partial charge < -0.3 is 19.3 Å². The quantitative estimate of drug-likeness (QED) is 0.395. The molecule has 34 heavy (non-hydrogen) atoms. The third kappa shape index (κ3) is 6.32. The fourth-order valence-corrected chi connectivity index (χ4v) is 4.68. The summed E-state index contributed by atoms with van der Waals surface area (Å²) in [5.41, 5.74) is 5.89. The molecular formula is C28H37N3O3. The van der Waals surface area contributed by atoms with Crippen LogP contribution in [-0.2, 0) is 16.0 Å². The molecule has 1 fully saturated rings. The van der Waals surface area contributed by atoms with Gasteiger partial charge >= 0.3 is 5.97 Å². The Morgan fingerprint density at radius 1 is 1.03 bits per heavy atom. The van der Waals surface area contributed by atoms with Gasteiger partial charge in [0, 0.05) is 50.6 Å². The van der Waals surface area contributed by atoms with Gasteiger partial charge in [-0.15, -0.1) is 0 Å². The maximum Gasteiger partial charge on any atom is 0.304 e. The maximum atomic E-state index is 11.3. The second-order valence-electron chi connectivity index (χ2n) is 9.27. The summed E-state index contributed by atoms with van der Waals surface area (Å²) in [6.45, 7) is 14.1. The van der Waals surface area contributed by atoms with E-state index in [4.69, 9.17) is 9.47 Å². The zero-order valence-corrected chi connectivity index (χ0v) is 20.6. The van der Waals surface area contributed by atoms with E-state index in [-0.39, 0.29) is 12.7 Å². The summed E-state index contributed by atoms with van der Waals surface area (Å²) in [5, 5.41) is 0. The predicted octanol–water partition coefficient (Wildman–Crippen LogP) is 4.76. The van der Waals surface area contributed by atoms with Gasteiger partial charge in [-0.2, -0.15) is 0 Å². The molecular weight excluding hydrogens is 426 g/mol. The number of hydrogen-bond acceptors (Lipinski definition) is 6. The van der Waals surface area contributed by atoms with Crippen LogP contribution in [0.2, 0.25) is 0 Å². The van der Waals surface area contributed by atoms with Gasteiger partial charge in [0.15, 0.2) is 6.73 Å². The molecule has 6 heteroatoms. The van der Waals surface area contributed by atoms with Crippen molar-refractivity contribution in [3.8, 4) is 5.75 Å². The van der Waals surface area contributed by atoms with Crippen LogP contribution in [0.4, 0.5) is 11.4 Å². The summed E-state index contributed by atoms with van der Waals surface area (Å²) in [7, 11) is 0. The van der Waals surface area contributed by atoms with Crippen LogP contribution in [0.15, 0.2) is 54.7 Å². The molecule has 4 rings (SSSR count). The minimum atomic E-state index is -0.288. The number of esters is 1. The highest BCUT2D eigenvalue weighted by atomic mass is 16.5. The smallest absolute Gasteiger partial charge is 0.304 e. The minimum Gasteiger partial charge on any atom is -0.494 e. The topological polar surface area (TPSA) is 45.2 Å². The lowest BCUT2D eigenvalue weighted by Gasteiger charge is -2.36. The molecule has 2 aromatic rings. The average molecular weight is 464 g/mol. The number of carbonyl (C=O) groups is 1. The van der Waals surface area contributed by atoms with Crippen molar-refractivity contribution < 1.29 is 14.3 Å². The Balaban J connectivity index is 1.19. The van der Waals surface area contributed by atoms with Gasteiger partial charge in [0.1, 0.15) is 5.75 Å². The number of carbonyl (C=O) groups excluding carboxylic acids is 1. The van der Waals surface area contributed by atoms with Gasteiger partial charge in [0.2, 0.25) is 0 Å². The molecule has 0 saturated carbocycles. The number of anilines is 2. The fourth-order valence-electron chi connectivity index (χ4n) is 4.68. The van der Waals surface area contributed by atoms with E-state index in [1.165, 1.54) is 23.7 Å². The molecule has 0 atom stereocenters. The normalized spacial score (nSPS) is 16.4. The number of allylic oxidation sites excluding steroid dienone is 1. The molecule has 0 spiro atoms. The number of hydrogen-bond donors (Lipinski definition) is 0. The van der Waals surface area contributed by atoms with E-state index >= 15 is 0 Å². The highest BCUT2D eigenvalue weighted by Gasteiger charge is 2.21. The summed E-state index contributed by atoms with van der Waals surface area (Å²) in [4.78, 5) is 18.3. The van der Waals surface area contributed by atoms with Crippen LogP contribution in [0.5, 0.6) is 5.75 Å². The second kappa shape index (κ2) is 11.4. The number of nitrogens with zero attached hydrogens (tertiary/aromatic N) is 3. The Morgan fingerprint density at radius 3 is 2.62 bits per heavy atom. The van der Waals surface area contributed by atoms with Crippen LogP contribution >= 0.6 is 0 Å². The standard InChI is InChI=1S/C28H37N3O3/c1-22-7-6-8-26(19-22)30-16-14-29(15-17-30)13-4-5-18-33-27-12-11-25-10-9-23(2)31(28(25)20-27)21-34-24(3)32/h6-8,11-12,19-20H,2,4-5,9-10,13-18,21H2,1,3H3. The Labute approximate surface area is 203 Å². The van der Waals surface area contributed by atoms with Crippen molar-refractivity contribution in [2.45, 2.75) is 39.5 Å². The molecule has 0 bridgehead atoms. The summed E-state index contributed by atoms with van der Waals surface area (Å²) in [5.74, 6) is 0.567. The summed E-state index contributed by atoms with van der Waals surface area (Å²) >= 11 is 0. The first-order chi connectivity index (χ1) is 16.5. The lowest BCUT2D eigenvalue weighted by molar-refractivity contribution is -0.140. The van der Waals surface area contributed by atoms with E-state index in [1.54, 1.807) is 0 Å². The van der Waals surface area contributed by atoms with Crippen molar-refractivity contribution >= 4 is 17.3 Å². The predicted molar refractivity (Wildman–Crippen MR) is 138 cm³/mol. The Hall–Kier alpha value is -2.99. The molecule has 2 heterocycles. The second-order valence-corrected chi connectivity index (χ2v) is 9.27. The van der Waals surface area contributed by atoms with E-state index in [0.29, 0.717) is 6.61 Å². The number of rotatable bonds is 9. The van der Waals surface area contributed by atoms with E-state index in [0.717, 1.165) is 75.5 Å². The molecule has 0 aromatic heterocycles. The molecule has 1 saturated heterocycles. The van der Waals surface area contributed by atoms with E-state index in [2.05, 4.69) is 53.6 Å². The van der Waals surface area contributed by atoms with Crippen LogP contribution in [0, 0.1) is 6.92 Å². The average Bonchev–Trinajstić information content (AvgIpc) is 2.83. The monoisotopic (exact) mass is 463 g/mol. The fraction of sp³-hybridized carbons (Fsp3) is 0.464. The summed E-state index contributed by atoms with van der Waals surface area (Å²) in [6, 6.07) is 15.0. The largest absolute Gasteiger partial charge is 0.494 e. The van der Waals surface area contributed by atoms with E-state index in [9.17, 15) is 4.79 Å². The molecule has 6 nitrogen and oxygen atoms in total. The van der Waals surface area contributed by atoms with Crippen molar-refractivity contribution in [2.24, 2.45) is 0 Å². The van der Waals surface area contributed by atoms with Gasteiger partial charge in [-0.25, -0.2) is 0 Å².